The molecule has 0 N–H and O–H groups in total. The molecule has 0 unspecified atom stereocenters. The van der Waals surface area contributed by atoms with Crippen molar-refractivity contribution in [1.82, 2.24) is 0 Å². The number of hydrogen-bond donors (Lipinski definition) is 0. The maximum absolute atomic E-state index is 3.76. The summed E-state index contributed by atoms with van der Waals surface area (Å²) in [6.07, 6.45) is 0. The molecular formula is C34H21Br. The molecule has 0 atom stereocenters. The Morgan fingerprint density at radius 2 is 0.914 bits per heavy atom. The summed E-state index contributed by atoms with van der Waals surface area (Å²) < 4.78 is 1.12. The fourth-order valence-electron chi connectivity index (χ4n) is 5.56. The molecule has 0 aromatic heterocycles. The van der Waals surface area contributed by atoms with Gasteiger partial charge in [0, 0.05) is 4.47 Å². The second kappa shape index (κ2) is 8.08. The van der Waals surface area contributed by atoms with E-state index in [-0.39, 0.29) is 0 Å². The van der Waals surface area contributed by atoms with Gasteiger partial charge in [0.15, 0.2) is 0 Å². The molecule has 0 amide bonds. The van der Waals surface area contributed by atoms with E-state index >= 15 is 0 Å². The van der Waals surface area contributed by atoms with Crippen LogP contribution in [0.1, 0.15) is 0 Å². The SMILES string of the molecule is Brc1cccc2c(-c3c4ccccc4c(-c4ccc5ccccc5c4)c4ccccc34)cccc12. The summed E-state index contributed by atoms with van der Waals surface area (Å²) in [6, 6.07) is 46.3. The average Bonchev–Trinajstić information content (AvgIpc) is 2.91. The van der Waals surface area contributed by atoms with Gasteiger partial charge in [0.05, 0.1) is 0 Å². The molecule has 1 heteroatoms. The van der Waals surface area contributed by atoms with Gasteiger partial charge in [-0.3, -0.25) is 0 Å². The standard InChI is InChI=1S/C34H21Br/c35-32-18-8-15-25-26(32)16-7-17-27(25)34-30-13-5-3-11-28(30)33(29-12-4-6-14-31(29)34)24-20-19-22-9-1-2-10-23(22)21-24/h1-21H. The Labute approximate surface area is 212 Å². The summed E-state index contributed by atoms with van der Waals surface area (Å²) in [5.41, 5.74) is 5.11. The third kappa shape index (κ3) is 3.20. The van der Waals surface area contributed by atoms with Gasteiger partial charge < -0.3 is 0 Å². The van der Waals surface area contributed by atoms with Gasteiger partial charge in [-0.25, -0.2) is 0 Å². The molecule has 7 rings (SSSR count). The third-order valence-electron chi connectivity index (χ3n) is 7.11. The van der Waals surface area contributed by atoms with Gasteiger partial charge in [0.25, 0.3) is 0 Å². The minimum Gasteiger partial charge on any atom is -0.0616 e. The molecule has 7 aromatic rings. The van der Waals surface area contributed by atoms with Crippen molar-refractivity contribution in [1.29, 1.82) is 0 Å². The first-order valence-electron chi connectivity index (χ1n) is 11.9. The van der Waals surface area contributed by atoms with E-state index in [1.165, 1.54) is 65.3 Å². The monoisotopic (exact) mass is 508 g/mol. The van der Waals surface area contributed by atoms with Crippen molar-refractivity contribution in [2.45, 2.75) is 0 Å². The fraction of sp³-hybridized carbons (Fsp3) is 0. The van der Waals surface area contributed by atoms with Gasteiger partial charge in [-0.2, -0.15) is 0 Å². The summed E-state index contributed by atoms with van der Waals surface area (Å²) >= 11 is 3.76. The highest BCUT2D eigenvalue weighted by Crippen LogP contribution is 2.45. The largest absolute Gasteiger partial charge is 0.0616 e. The number of rotatable bonds is 2. The lowest BCUT2D eigenvalue weighted by Gasteiger charge is -2.19. The molecule has 0 aliphatic carbocycles. The minimum absolute atomic E-state index is 1.12. The molecule has 0 bridgehead atoms. The molecule has 0 heterocycles. The van der Waals surface area contributed by atoms with Crippen LogP contribution < -0.4 is 0 Å². The van der Waals surface area contributed by atoms with Gasteiger partial charge in [0.2, 0.25) is 0 Å². The molecule has 0 aliphatic rings. The number of benzene rings is 7. The molecule has 164 valence electrons. The molecular weight excluding hydrogens is 488 g/mol. The predicted molar refractivity (Wildman–Crippen MR) is 155 cm³/mol. The van der Waals surface area contributed by atoms with Crippen molar-refractivity contribution < 1.29 is 0 Å². The number of halogens is 1. The van der Waals surface area contributed by atoms with Crippen LogP contribution in [0.5, 0.6) is 0 Å². The molecule has 0 saturated heterocycles. The lowest BCUT2D eigenvalue weighted by molar-refractivity contribution is 1.67. The van der Waals surface area contributed by atoms with Gasteiger partial charge in [-0.1, -0.05) is 131 Å². The topological polar surface area (TPSA) is 0 Å². The van der Waals surface area contributed by atoms with Crippen molar-refractivity contribution in [3.8, 4) is 22.3 Å². The third-order valence-corrected chi connectivity index (χ3v) is 7.80. The van der Waals surface area contributed by atoms with Crippen molar-refractivity contribution in [2.75, 3.05) is 0 Å². The zero-order chi connectivity index (χ0) is 23.4. The molecule has 35 heavy (non-hydrogen) atoms. The molecule has 0 aliphatic heterocycles. The molecule has 0 nitrogen and oxygen atoms in total. The Hall–Kier alpha value is -3.94. The van der Waals surface area contributed by atoms with Gasteiger partial charge in [0.1, 0.15) is 0 Å². The van der Waals surface area contributed by atoms with Crippen LogP contribution in [-0.4, -0.2) is 0 Å². The first-order chi connectivity index (χ1) is 17.3. The zero-order valence-corrected chi connectivity index (χ0v) is 20.6. The molecule has 0 spiro atoms. The van der Waals surface area contributed by atoms with Crippen LogP contribution in [0.15, 0.2) is 132 Å². The molecule has 0 saturated carbocycles. The van der Waals surface area contributed by atoms with E-state index in [0.717, 1.165) is 4.47 Å². The smallest absolute Gasteiger partial charge is 0.0253 e. The maximum atomic E-state index is 3.76. The van der Waals surface area contributed by atoms with E-state index in [0.29, 0.717) is 0 Å². The second-order valence-corrected chi connectivity index (χ2v) is 9.90. The quantitative estimate of drug-likeness (QED) is 0.203. The average molecular weight is 509 g/mol. The zero-order valence-electron chi connectivity index (χ0n) is 19.0. The Balaban J connectivity index is 1.65. The Bertz CT molecular complexity index is 1860. The minimum atomic E-state index is 1.12. The first-order valence-corrected chi connectivity index (χ1v) is 12.7. The van der Waals surface area contributed by atoms with Crippen LogP contribution in [0.3, 0.4) is 0 Å². The van der Waals surface area contributed by atoms with Gasteiger partial charge in [-0.05, 0) is 77.5 Å². The van der Waals surface area contributed by atoms with Crippen LogP contribution in [-0.2, 0) is 0 Å². The Morgan fingerprint density at radius 3 is 1.63 bits per heavy atom. The lowest BCUT2D eigenvalue weighted by atomic mass is 9.84. The van der Waals surface area contributed by atoms with E-state index in [4.69, 9.17) is 0 Å². The highest BCUT2D eigenvalue weighted by Gasteiger charge is 2.18. The lowest BCUT2D eigenvalue weighted by Crippen LogP contribution is -1.91. The van der Waals surface area contributed by atoms with Crippen molar-refractivity contribution in [3.05, 3.63) is 132 Å². The van der Waals surface area contributed by atoms with Crippen LogP contribution in [0, 0.1) is 0 Å². The molecule has 0 fully saturated rings. The van der Waals surface area contributed by atoms with Crippen LogP contribution >= 0.6 is 15.9 Å². The highest BCUT2D eigenvalue weighted by molar-refractivity contribution is 9.10. The fourth-order valence-corrected chi connectivity index (χ4v) is 6.06. The van der Waals surface area contributed by atoms with Crippen molar-refractivity contribution in [2.24, 2.45) is 0 Å². The summed E-state index contributed by atoms with van der Waals surface area (Å²) in [5, 5.41) is 10.1. The maximum Gasteiger partial charge on any atom is 0.0253 e. The number of fused-ring (bicyclic) bond motifs is 4. The Morgan fingerprint density at radius 1 is 0.371 bits per heavy atom. The normalized spacial score (nSPS) is 11.6. The van der Waals surface area contributed by atoms with Crippen molar-refractivity contribution in [3.63, 3.8) is 0 Å². The first kappa shape index (κ1) is 20.4. The van der Waals surface area contributed by atoms with Crippen molar-refractivity contribution >= 4 is 59.0 Å². The van der Waals surface area contributed by atoms with E-state index < -0.39 is 0 Å². The van der Waals surface area contributed by atoms with E-state index in [2.05, 4.69) is 143 Å². The van der Waals surface area contributed by atoms with E-state index in [9.17, 15) is 0 Å². The van der Waals surface area contributed by atoms with Crippen LogP contribution in [0.25, 0.3) is 65.3 Å². The van der Waals surface area contributed by atoms with Gasteiger partial charge >= 0.3 is 0 Å². The van der Waals surface area contributed by atoms with E-state index in [1.807, 2.05) is 0 Å². The predicted octanol–water partition coefficient (Wildman–Crippen LogP) is 10.4. The summed E-state index contributed by atoms with van der Waals surface area (Å²) in [5.74, 6) is 0. The number of hydrogen-bond acceptors (Lipinski definition) is 0. The molecule has 7 aromatic carbocycles. The Kier molecular flexibility index (Phi) is 4.72. The summed E-state index contributed by atoms with van der Waals surface area (Å²) in [7, 11) is 0. The van der Waals surface area contributed by atoms with Crippen LogP contribution in [0.4, 0.5) is 0 Å². The highest BCUT2D eigenvalue weighted by atomic mass is 79.9. The molecule has 0 radical (unpaired) electrons. The van der Waals surface area contributed by atoms with E-state index in [1.54, 1.807) is 0 Å². The van der Waals surface area contributed by atoms with Crippen LogP contribution in [0.2, 0.25) is 0 Å². The second-order valence-electron chi connectivity index (χ2n) is 9.04. The van der Waals surface area contributed by atoms with Gasteiger partial charge in [-0.15, -0.1) is 0 Å². The summed E-state index contributed by atoms with van der Waals surface area (Å²) in [4.78, 5) is 0. The summed E-state index contributed by atoms with van der Waals surface area (Å²) in [6.45, 7) is 0.